The number of alkyl halides is 1. The largest absolute Gasteiger partial charge is 0.379 e. The molecule has 70 valence electrons. The van der Waals surface area contributed by atoms with E-state index < -0.39 is 6.17 Å². The minimum absolute atomic E-state index is 0.00109. The topological polar surface area (TPSA) is 12.0 Å². The second-order valence-electron chi connectivity index (χ2n) is 3.35. The lowest BCUT2D eigenvalue weighted by Gasteiger charge is -2.31. The van der Waals surface area contributed by atoms with Crippen molar-refractivity contribution < 1.29 is 4.39 Å². The van der Waals surface area contributed by atoms with Crippen molar-refractivity contribution in [3.05, 3.63) is 29.3 Å². The SMILES string of the molecule is FC1CCC1Nc1ccc(Cl)cc1. The molecule has 0 aliphatic heterocycles. The Bertz CT molecular complexity index is 285. The predicted molar refractivity (Wildman–Crippen MR) is 53.0 cm³/mol. The van der Waals surface area contributed by atoms with E-state index in [2.05, 4.69) is 5.32 Å². The molecule has 1 aliphatic rings. The molecule has 1 fully saturated rings. The lowest BCUT2D eigenvalue weighted by Crippen LogP contribution is -2.39. The Labute approximate surface area is 81.9 Å². The van der Waals surface area contributed by atoms with Crippen molar-refractivity contribution in [2.75, 3.05) is 5.32 Å². The Morgan fingerprint density at radius 3 is 2.38 bits per heavy atom. The molecule has 1 aliphatic carbocycles. The maximum atomic E-state index is 12.9. The number of benzene rings is 1. The molecule has 2 unspecified atom stereocenters. The van der Waals surface area contributed by atoms with Crippen LogP contribution in [0.2, 0.25) is 5.02 Å². The Balaban J connectivity index is 1.98. The molecule has 13 heavy (non-hydrogen) atoms. The van der Waals surface area contributed by atoms with Crippen LogP contribution in [0.15, 0.2) is 24.3 Å². The first-order valence-corrected chi connectivity index (χ1v) is 4.80. The van der Waals surface area contributed by atoms with E-state index >= 15 is 0 Å². The van der Waals surface area contributed by atoms with Crippen molar-refractivity contribution in [2.45, 2.75) is 25.1 Å². The van der Waals surface area contributed by atoms with Crippen LogP contribution < -0.4 is 5.32 Å². The van der Waals surface area contributed by atoms with Crippen molar-refractivity contribution in [1.29, 1.82) is 0 Å². The summed E-state index contributed by atoms with van der Waals surface area (Å²) in [6.07, 6.45) is 0.922. The Kier molecular flexibility index (Phi) is 2.40. The van der Waals surface area contributed by atoms with Gasteiger partial charge in [-0.15, -0.1) is 0 Å². The molecule has 0 amide bonds. The van der Waals surface area contributed by atoms with Gasteiger partial charge < -0.3 is 5.32 Å². The van der Waals surface area contributed by atoms with E-state index in [1.165, 1.54) is 0 Å². The zero-order valence-corrected chi connectivity index (χ0v) is 7.89. The number of nitrogens with one attached hydrogen (secondary N) is 1. The second kappa shape index (κ2) is 3.54. The molecule has 0 spiro atoms. The van der Waals surface area contributed by atoms with Gasteiger partial charge in [-0.05, 0) is 37.1 Å². The molecule has 2 rings (SSSR count). The lowest BCUT2D eigenvalue weighted by molar-refractivity contribution is 0.186. The van der Waals surface area contributed by atoms with Gasteiger partial charge in [0.2, 0.25) is 0 Å². The van der Waals surface area contributed by atoms with Gasteiger partial charge in [0.15, 0.2) is 0 Å². The number of hydrogen-bond donors (Lipinski definition) is 1. The van der Waals surface area contributed by atoms with E-state index in [4.69, 9.17) is 11.6 Å². The van der Waals surface area contributed by atoms with Crippen molar-refractivity contribution >= 4 is 17.3 Å². The Morgan fingerprint density at radius 2 is 1.92 bits per heavy atom. The molecular formula is C10H11ClFN. The molecule has 0 bridgehead atoms. The smallest absolute Gasteiger partial charge is 0.120 e. The summed E-state index contributed by atoms with van der Waals surface area (Å²) >= 11 is 5.72. The molecular weight excluding hydrogens is 189 g/mol. The van der Waals surface area contributed by atoms with Crippen LogP contribution in [0, 0.1) is 0 Å². The molecule has 1 N–H and O–H groups in total. The van der Waals surface area contributed by atoms with Crippen molar-refractivity contribution in [2.24, 2.45) is 0 Å². The molecule has 0 aromatic heterocycles. The van der Waals surface area contributed by atoms with Crippen molar-refractivity contribution in [1.82, 2.24) is 0 Å². The van der Waals surface area contributed by atoms with Gasteiger partial charge in [-0.2, -0.15) is 0 Å². The zero-order chi connectivity index (χ0) is 9.26. The summed E-state index contributed by atoms with van der Waals surface area (Å²) in [7, 11) is 0. The first kappa shape index (κ1) is 8.82. The first-order valence-electron chi connectivity index (χ1n) is 4.42. The van der Waals surface area contributed by atoms with Crippen LogP contribution in [0.3, 0.4) is 0 Å². The first-order chi connectivity index (χ1) is 6.25. The summed E-state index contributed by atoms with van der Waals surface area (Å²) in [6, 6.07) is 7.34. The van der Waals surface area contributed by atoms with Crippen LogP contribution in [0.4, 0.5) is 10.1 Å². The molecule has 1 aromatic carbocycles. The summed E-state index contributed by atoms with van der Waals surface area (Å²) < 4.78 is 12.9. The second-order valence-corrected chi connectivity index (χ2v) is 3.79. The van der Waals surface area contributed by atoms with Gasteiger partial charge in [-0.3, -0.25) is 0 Å². The van der Waals surface area contributed by atoms with Gasteiger partial charge in [-0.25, -0.2) is 4.39 Å². The van der Waals surface area contributed by atoms with Crippen molar-refractivity contribution in [3.8, 4) is 0 Å². The van der Waals surface area contributed by atoms with E-state index in [1.807, 2.05) is 12.1 Å². The fourth-order valence-electron chi connectivity index (χ4n) is 1.38. The minimum Gasteiger partial charge on any atom is -0.379 e. The summed E-state index contributed by atoms with van der Waals surface area (Å²) in [6.45, 7) is 0. The highest BCUT2D eigenvalue weighted by Crippen LogP contribution is 2.27. The average Bonchev–Trinajstić information content (AvgIpc) is 2.15. The quantitative estimate of drug-likeness (QED) is 0.771. The molecule has 3 heteroatoms. The minimum atomic E-state index is -0.685. The van der Waals surface area contributed by atoms with E-state index in [9.17, 15) is 4.39 Å². The number of rotatable bonds is 2. The highest BCUT2D eigenvalue weighted by molar-refractivity contribution is 6.30. The predicted octanol–water partition coefficient (Wildman–Crippen LogP) is 3.25. The number of hydrogen-bond acceptors (Lipinski definition) is 1. The van der Waals surface area contributed by atoms with Gasteiger partial charge in [-0.1, -0.05) is 11.6 Å². The van der Waals surface area contributed by atoms with Gasteiger partial charge in [0.05, 0.1) is 6.04 Å². The van der Waals surface area contributed by atoms with E-state index in [-0.39, 0.29) is 6.04 Å². The van der Waals surface area contributed by atoms with Crippen LogP contribution >= 0.6 is 11.6 Å². The summed E-state index contributed by atoms with van der Waals surface area (Å²) in [5.41, 5.74) is 0.941. The normalized spacial score (nSPS) is 26.6. The van der Waals surface area contributed by atoms with E-state index in [1.54, 1.807) is 12.1 Å². The highest BCUT2D eigenvalue weighted by atomic mass is 35.5. The summed E-state index contributed by atoms with van der Waals surface area (Å²) in [4.78, 5) is 0. The average molecular weight is 200 g/mol. The fraction of sp³-hybridized carbons (Fsp3) is 0.400. The van der Waals surface area contributed by atoms with Gasteiger partial charge >= 0.3 is 0 Å². The third-order valence-electron chi connectivity index (χ3n) is 2.39. The lowest BCUT2D eigenvalue weighted by atomic mass is 9.90. The Morgan fingerprint density at radius 1 is 1.23 bits per heavy atom. The highest BCUT2D eigenvalue weighted by Gasteiger charge is 2.30. The van der Waals surface area contributed by atoms with E-state index in [0.717, 1.165) is 12.1 Å². The maximum absolute atomic E-state index is 12.9. The standard InChI is InChI=1S/C10H11ClFN/c11-7-1-3-8(4-2-7)13-10-6-5-9(10)12/h1-4,9-10,13H,5-6H2. The molecule has 0 saturated heterocycles. The molecule has 0 radical (unpaired) electrons. The van der Waals surface area contributed by atoms with Gasteiger partial charge in [0.1, 0.15) is 6.17 Å². The fourth-order valence-corrected chi connectivity index (χ4v) is 1.51. The molecule has 1 saturated carbocycles. The van der Waals surface area contributed by atoms with Crippen LogP contribution in [-0.2, 0) is 0 Å². The molecule has 1 nitrogen and oxygen atoms in total. The molecule has 0 heterocycles. The molecule has 1 aromatic rings. The monoisotopic (exact) mass is 199 g/mol. The number of anilines is 1. The van der Waals surface area contributed by atoms with Gasteiger partial charge in [0.25, 0.3) is 0 Å². The van der Waals surface area contributed by atoms with Crippen LogP contribution in [0.5, 0.6) is 0 Å². The molecule has 2 atom stereocenters. The van der Waals surface area contributed by atoms with Crippen LogP contribution in [0.1, 0.15) is 12.8 Å². The summed E-state index contributed by atoms with van der Waals surface area (Å²) in [5.74, 6) is 0. The zero-order valence-electron chi connectivity index (χ0n) is 7.13. The third kappa shape index (κ3) is 1.94. The van der Waals surface area contributed by atoms with E-state index in [0.29, 0.717) is 11.4 Å². The van der Waals surface area contributed by atoms with Crippen molar-refractivity contribution in [3.63, 3.8) is 0 Å². The van der Waals surface area contributed by atoms with Crippen LogP contribution in [-0.4, -0.2) is 12.2 Å². The number of halogens is 2. The van der Waals surface area contributed by atoms with Gasteiger partial charge in [0, 0.05) is 10.7 Å². The Hall–Kier alpha value is -0.760. The third-order valence-corrected chi connectivity index (χ3v) is 2.64. The maximum Gasteiger partial charge on any atom is 0.120 e. The van der Waals surface area contributed by atoms with Crippen LogP contribution in [0.25, 0.3) is 0 Å². The summed E-state index contributed by atoms with van der Waals surface area (Å²) in [5, 5.41) is 3.83.